The summed E-state index contributed by atoms with van der Waals surface area (Å²) in [6, 6.07) is 4.06. The number of ether oxygens (including phenoxy) is 1. The monoisotopic (exact) mass is 380 g/mol. The van der Waals surface area contributed by atoms with Crippen LogP contribution in [0.3, 0.4) is 0 Å². The molecule has 19 heavy (non-hydrogen) atoms. The molecule has 1 aromatic heterocycles. The van der Waals surface area contributed by atoms with Gasteiger partial charge in [0, 0.05) is 38.6 Å². The number of nitrogens with zero attached hydrogens (tertiary/aromatic N) is 2. The Morgan fingerprint density at radius 2 is 1.95 bits per heavy atom. The lowest BCUT2D eigenvalue weighted by Crippen LogP contribution is -2.39. The highest BCUT2D eigenvalue weighted by Crippen LogP contribution is 1.88. The SMILES string of the molecule is CCNC(=NCCOCC)NCCn1cccc1.I. The Morgan fingerprint density at radius 3 is 2.58 bits per heavy atom. The summed E-state index contributed by atoms with van der Waals surface area (Å²) in [7, 11) is 0. The molecule has 0 fully saturated rings. The smallest absolute Gasteiger partial charge is 0.191 e. The van der Waals surface area contributed by atoms with Crippen LogP contribution in [0.2, 0.25) is 0 Å². The Morgan fingerprint density at radius 1 is 1.21 bits per heavy atom. The molecule has 0 aliphatic carbocycles. The predicted octanol–water partition coefficient (Wildman–Crippen LogP) is 1.70. The fourth-order valence-electron chi connectivity index (χ4n) is 1.53. The zero-order valence-electron chi connectivity index (χ0n) is 11.8. The normalized spacial score (nSPS) is 10.9. The summed E-state index contributed by atoms with van der Waals surface area (Å²) < 4.78 is 7.39. The van der Waals surface area contributed by atoms with Crippen molar-refractivity contribution in [2.24, 2.45) is 4.99 Å². The molecule has 6 heteroatoms. The van der Waals surface area contributed by atoms with E-state index >= 15 is 0 Å². The fraction of sp³-hybridized carbons (Fsp3) is 0.615. The van der Waals surface area contributed by atoms with Gasteiger partial charge in [-0.3, -0.25) is 4.99 Å². The van der Waals surface area contributed by atoms with Crippen LogP contribution in [0.25, 0.3) is 0 Å². The third-order valence-corrected chi connectivity index (χ3v) is 2.38. The van der Waals surface area contributed by atoms with Crippen LogP contribution < -0.4 is 10.6 Å². The molecular formula is C13H25IN4O. The minimum Gasteiger partial charge on any atom is -0.380 e. The third-order valence-electron chi connectivity index (χ3n) is 2.38. The zero-order valence-corrected chi connectivity index (χ0v) is 14.1. The van der Waals surface area contributed by atoms with Crippen LogP contribution in [0.15, 0.2) is 29.5 Å². The van der Waals surface area contributed by atoms with Crippen molar-refractivity contribution < 1.29 is 4.74 Å². The quantitative estimate of drug-likeness (QED) is 0.313. The topological polar surface area (TPSA) is 50.6 Å². The van der Waals surface area contributed by atoms with Crippen LogP contribution in [-0.2, 0) is 11.3 Å². The Bertz CT molecular complexity index is 327. The van der Waals surface area contributed by atoms with Gasteiger partial charge in [0.2, 0.25) is 0 Å². The summed E-state index contributed by atoms with van der Waals surface area (Å²) in [6.45, 7) is 8.81. The first-order valence-electron chi connectivity index (χ1n) is 6.57. The third kappa shape index (κ3) is 8.88. The summed E-state index contributed by atoms with van der Waals surface area (Å²) in [5.41, 5.74) is 0. The molecule has 0 unspecified atom stereocenters. The van der Waals surface area contributed by atoms with Crippen LogP contribution >= 0.6 is 24.0 Å². The number of guanidine groups is 1. The highest BCUT2D eigenvalue weighted by atomic mass is 127. The molecule has 0 spiro atoms. The Kier molecular flexibility index (Phi) is 11.8. The van der Waals surface area contributed by atoms with Crippen LogP contribution in [0, 0.1) is 0 Å². The molecule has 1 heterocycles. The Labute approximate surface area is 132 Å². The van der Waals surface area contributed by atoms with Gasteiger partial charge in [0.25, 0.3) is 0 Å². The molecule has 0 saturated carbocycles. The highest BCUT2D eigenvalue weighted by Gasteiger charge is 1.96. The van der Waals surface area contributed by atoms with E-state index in [4.69, 9.17) is 4.74 Å². The minimum absolute atomic E-state index is 0. The van der Waals surface area contributed by atoms with E-state index in [1.807, 2.05) is 19.1 Å². The summed E-state index contributed by atoms with van der Waals surface area (Å²) in [5, 5.41) is 6.51. The number of aliphatic imine (C=N–C) groups is 1. The second kappa shape index (κ2) is 12.3. The molecule has 0 amide bonds. The van der Waals surface area contributed by atoms with Crippen molar-refractivity contribution in [2.75, 3.05) is 32.8 Å². The van der Waals surface area contributed by atoms with Gasteiger partial charge in [0.15, 0.2) is 5.96 Å². The molecule has 0 aliphatic rings. The molecule has 1 rings (SSSR count). The summed E-state index contributed by atoms with van der Waals surface area (Å²) >= 11 is 0. The average molecular weight is 380 g/mol. The molecule has 0 bridgehead atoms. The fourth-order valence-corrected chi connectivity index (χ4v) is 1.53. The maximum absolute atomic E-state index is 5.26. The van der Waals surface area contributed by atoms with Crippen molar-refractivity contribution in [3.63, 3.8) is 0 Å². The van der Waals surface area contributed by atoms with Crippen LogP contribution in [-0.4, -0.2) is 43.4 Å². The van der Waals surface area contributed by atoms with Crippen molar-refractivity contribution in [2.45, 2.75) is 20.4 Å². The molecule has 0 saturated heterocycles. The van der Waals surface area contributed by atoms with Gasteiger partial charge in [-0.15, -0.1) is 24.0 Å². The first-order chi connectivity index (χ1) is 8.86. The summed E-state index contributed by atoms with van der Waals surface area (Å²) in [5.74, 6) is 0.851. The van der Waals surface area contributed by atoms with Gasteiger partial charge in [0.1, 0.15) is 0 Å². The molecule has 0 aromatic carbocycles. The van der Waals surface area contributed by atoms with Gasteiger partial charge >= 0.3 is 0 Å². The van der Waals surface area contributed by atoms with E-state index in [2.05, 4.69) is 39.5 Å². The van der Waals surface area contributed by atoms with Gasteiger partial charge in [-0.05, 0) is 26.0 Å². The van der Waals surface area contributed by atoms with Crippen molar-refractivity contribution in [1.82, 2.24) is 15.2 Å². The lowest BCUT2D eigenvalue weighted by Gasteiger charge is -2.11. The number of aromatic nitrogens is 1. The van der Waals surface area contributed by atoms with E-state index in [1.165, 1.54) is 0 Å². The number of hydrogen-bond acceptors (Lipinski definition) is 2. The Hall–Kier alpha value is -0.760. The van der Waals surface area contributed by atoms with Crippen LogP contribution in [0.5, 0.6) is 0 Å². The molecule has 0 atom stereocenters. The molecular weight excluding hydrogens is 355 g/mol. The van der Waals surface area contributed by atoms with Crippen molar-refractivity contribution in [3.05, 3.63) is 24.5 Å². The zero-order chi connectivity index (χ0) is 13.1. The van der Waals surface area contributed by atoms with Gasteiger partial charge in [-0.25, -0.2) is 0 Å². The molecule has 5 nitrogen and oxygen atoms in total. The first-order valence-corrected chi connectivity index (χ1v) is 6.57. The van der Waals surface area contributed by atoms with Crippen LogP contribution in [0.1, 0.15) is 13.8 Å². The Balaban J connectivity index is 0.00000324. The van der Waals surface area contributed by atoms with Gasteiger partial charge < -0.3 is 19.9 Å². The second-order valence-corrected chi connectivity index (χ2v) is 3.81. The van der Waals surface area contributed by atoms with E-state index in [1.54, 1.807) is 0 Å². The number of nitrogens with one attached hydrogen (secondary N) is 2. The van der Waals surface area contributed by atoms with E-state index in [0.717, 1.165) is 32.2 Å². The maximum atomic E-state index is 5.26. The molecule has 1 aromatic rings. The number of rotatable bonds is 8. The molecule has 0 radical (unpaired) electrons. The van der Waals surface area contributed by atoms with Gasteiger partial charge in [-0.2, -0.15) is 0 Å². The van der Waals surface area contributed by atoms with Gasteiger partial charge in [-0.1, -0.05) is 0 Å². The average Bonchev–Trinajstić information content (AvgIpc) is 2.87. The second-order valence-electron chi connectivity index (χ2n) is 3.81. The standard InChI is InChI=1S/C13H24N4O.HI/c1-3-14-13(16-8-12-18-4-2)15-7-11-17-9-5-6-10-17;/h5-6,9-10H,3-4,7-8,11-12H2,1-2H3,(H2,14,15,16);1H. The van der Waals surface area contributed by atoms with Crippen LogP contribution in [0.4, 0.5) is 0 Å². The largest absolute Gasteiger partial charge is 0.380 e. The lowest BCUT2D eigenvalue weighted by atomic mass is 10.6. The first kappa shape index (κ1) is 18.2. The summed E-state index contributed by atoms with van der Waals surface area (Å²) in [4.78, 5) is 4.43. The minimum atomic E-state index is 0. The number of halogens is 1. The van der Waals surface area contributed by atoms with E-state index in [9.17, 15) is 0 Å². The van der Waals surface area contributed by atoms with E-state index < -0.39 is 0 Å². The van der Waals surface area contributed by atoms with Crippen molar-refractivity contribution in [1.29, 1.82) is 0 Å². The maximum Gasteiger partial charge on any atom is 0.191 e. The van der Waals surface area contributed by atoms with E-state index in [0.29, 0.717) is 13.2 Å². The molecule has 110 valence electrons. The lowest BCUT2D eigenvalue weighted by molar-refractivity contribution is 0.155. The predicted molar refractivity (Wildman–Crippen MR) is 90.3 cm³/mol. The number of hydrogen-bond donors (Lipinski definition) is 2. The highest BCUT2D eigenvalue weighted by molar-refractivity contribution is 14.0. The van der Waals surface area contributed by atoms with E-state index in [-0.39, 0.29) is 24.0 Å². The van der Waals surface area contributed by atoms with Gasteiger partial charge in [0.05, 0.1) is 13.2 Å². The molecule has 0 aliphatic heterocycles. The van der Waals surface area contributed by atoms with Crippen molar-refractivity contribution >= 4 is 29.9 Å². The molecule has 2 N–H and O–H groups in total. The summed E-state index contributed by atoms with van der Waals surface area (Å²) in [6.07, 6.45) is 4.11. The van der Waals surface area contributed by atoms with Crippen molar-refractivity contribution in [3.8, 4) is 0 Å².